The number of ether oxygens (including phenoxy) is 1. The van der Waals surface area contributed by atoms with Gasteiger partial charge in [0.2, 0.25) is 10.0 Å². The van der Waals surface area contributed by atoms with Crippen LogP contribution in [0.2, 0.25) is 0 Å². The third kappa shape index (κ3) is 5.31. The Kier molecular flexibility index (Phi) is 7.49. The van der Waals surface area contributed by atoms with E-state index in [4.69, 9.17) is 9.72 Å². The molecule has 0 radical (unpaired) electrons. The van der Waals surface area contributed by atoms with E-state index in [0.717, 1.165) is 60.7 Å². The predicted molar refractivity (Wildman–Crippen MR) is 146 cm³/mol. The molecule has 9 heteroatoms. The summed E-state index contributed by atoms with van der Waals surface area (Å²) < 4.78 is 33.4. The highest BCUT2D eigenvalue weighted by molar-refractivity contribution is 7.89. The van der Waals surface area contributed by atoms with Crippen LogP contribution in [0.4, 0.5) is 5.69 Å². The van der Waals surface area contributed by atoms with Crippen LogP contribution in [-0.2, 0) is 32.4 Å². The SMILES string of the molecule is Cc1ccc(NC(=O)COC(=O)c2c3c(nc4ccccc24)CCC(C)C3)cc1S(=O)(=O)N1CCCCC1. The van der Waals surface area contributed by atoms with Gasteiger partial charge in [0.25, 0.3) is 5.91 Å². The summed E-state index contributed by atoms with van der Waals surface area (Å²) in [7, 11) is -3.66. The monoisotopic (exact) mass is 535 g/mol. The van der Waals surface area contributed by atoms with Gasteiger partial charge in [-0.1, -0.05) is 37.6 Å². The fourth-order valence-corrected chi connectivity index (χ4v) is 7.16. The highest BCUT2D eigenvalue weighted by Crippen LogP contribution is 2.32. The lowest BCUT2D eigenvalue weighted by molar-refractivity contribution is -0.119. The molecule has 1 aromatic heterocycles. The number of amides is 1. The minimum Gasteiger partial charge on any atom is -0.452 e. The summed E-state index contributed by atoms with van der Waals surface area (Å²) in [6.07, 6.45) is 5.27. The van der Waals surface area contributed by atoms with Gasteiger partial charge in [-0.25, -0.2) is 13.2 Å². The van der Waals surface area contributed by atoms with Crippen molar-refractivity contribution < 1.29 is 22.7 Å². The van der Waals surface area contributed by atoms with Gasteiger partial charge >= 0.3 is 5.97 Å². The lowest BCUT2D eigenvalue weighted by Gasteiger charge is -2.26. The number of fused-ring (bicyclic) bond motifs is 2. The van der Waals surface area contributed by atoms with Crippen molar-refractivity contribution in [2.45, 2.75) is 57.3 Å². The van der Waals surface area contributed by atoms with Crippen molar-refractivity contribution in [2.75, 3.05) is 25.0 Å². The average Bonchev–Trinajstić information content (AvgIpc) is 2.92. The predicted octanol–water partition coefficient (Wildman–Crippen LogP) is 4.64. The molecule has 0 saturated carbocycles. The molecule has 38 heavy (non-hydrogen) atoms. The number of hydrogen-bond donors (Lipinski definition) is 1. The standard InChI is InChI=1S/C29H33N3O5S/c1-19-10-13-25-23(16-19)28(22-8-4-5-9-24(22)31-25)29(34)37-18-27(33)30-21-12-11-20(2)26(17-21)38(35,36)32-14-6-3-7-15-32/h4-5,8-9,11-12,17,19H,3,6-7,10,13-16,18H2,1-2H3,(H,30,33). The number of para-hydroxylation sites is 1. The number of nitrogens with one attached hydrogen (secondary N) is 1. The van der Waals surface area contributed by atoms with Crippen molar-refractivity contribution in [2.24, 2.45) is 5.92 Å². The summed E-state index contributed by atoms with van der Waals surface area (Å²) in [5, 5.41) is 3.41. The molecule has 1 N–H and O–H groups in total. The van der Waals surface area contributed by atoms with Crippen molar-refractivity contribution in [3.8, 4) is 0 Å². The Balaban J connectivity index is 1.32. The highest BCUT2D eigenvalue weighted by atomic mass is 32.2. The zero-order chi connectivity index (χ0) is 26.9. The molecule has 2 heterocycles. The zero-order valence-corrected chi connectivity index (χ0v) is 22.6. The van der Waals surface area contributed by atoms with Crippen LogP contribution in [0.25, 0.3) is 10.9 Å². The Labute approximate surface area is 223 Å². The maximum atomic E-state index is 13.3. The van der Waals surface area contributed by atoms with Crippen molar-refractivity contribution in [3.05, 3.63) is 64.8 Å². The fraction of sp³-hybridized carbons (Fsp3) is 0.414. The Hall–Kier alpha value is -3.30. The van der Waals surface area contributed by atoms with Crippen LogP contribution in [0.15, 0.2) is 47.4 Å². The minimum absolute atomic E-state index is 0.179. The molecule has 0 spiro atoms. The first-order chi connectivity index (χ1) is 18.2. The van der Waals surface area contributed by atoms with Crippen LogP contribution in [0.5, 0.6) is 0 Å². The van der Waals surface area contributed by atoms with Gasteiger partial charge in [0.05, 0.1) is 16.0 Å². The van der Waals surface area contributed by atoms with Gasteiger partial charge in [-0.3, -0.25) is 9.78 Å². The van der Waals surface area contributed by atoms with E-state index in [1.54, 1.807) is 19.1 Å². The summed E-state index contributed by atoms with van der Waals surface area (Å²) in [6.45, 7) is 4.41. The van der Waals surface area contributed by atoms with Gasteiger partial charge in [0.15, 0.2) is 6.61 Å². The van der Waals surface area contributed by atoms with E-state index in [1.165, 1.54) is 10.4 Å². The summed E-state index contributed by atoms with van der Waals surface area (Å²) in [6, 6.07) is 12.3. The van der Waals surface area contributed by atoms with Crippen molar-refractivity contribution in [1.82, 2.24) is 9.29 Å². The van der Waals surface area contributed by atoms with Crippen molar-refractivity contribution in [3.63, 3.8) is 0 Å². The third-order valence-electron chi connectivity index (χ3n) is 7.45. The number of pyridine rings is 1. The van der Waals surface area contributed by atoms with Gasteiger partial charge < -0.3 is 10.1 Å². The molecule has 1 amide bonds. The molecule has 1 fully saturated rings. The van der Waals surface area contributed by atoms with Crippen LogP contribution in [0.1, 0.15) is 59.8 Å². The number of hydrogen-bond acceptors (Lipinski definition) is 6. The van der Waals surface area contributed by atoms with Crippen molar-refractivity contribution >= 4 is 38.5 Å². The van der Waals surface area contributed by atoms with Crippen LogP contribution in [0, 0.1) is 12.8 Å². The van der Waals surface area contributed by atoms with Gasteiger partial charge in [-0.05, 0) is 74.3 Å². The molecule has 1 aliphatic heterocycles. The Morgan fingerprint density at radius 2 is 1.87 bits per heavy atom. The molecule has 8 nitrogen and oxygen atoms in total. The molecular formula is C29H33N3O5S. The zero-order valence-electron chi connectivity index (χ0n) is 21.8. The minimum atomic E-state index is -3.66. The van der Waals surface area contributed by atoms with Gasteiger partial charge in [-0.15, -0.1) is 0 Å². The van der Waals surface area contributed by atoms with Gasteiger partial charge in [-0.2, -0.15) is 4.31 Å². The second kappa shape index (κ2) is 10.8. The third-order valence-corrected chi connectivity index (χ3v) is 9.49. The highest BCUT2D eigenvalue weighted by Gasteiger charge is 2.29. The van der Waals surface area contributed by atoms with Crippen LogP contribution in [0.3, 0.4) is 0 Å². The number of benzene rings is 2. The first-order valence-electron chi connectivity index (χ1n) is 13.2. The topological polar surface area (TPSA) is 106 Å². The van der Waals surface area contributed by atoms with E-state index in [1.807, 2.05) is 24.3 Å². The smallest absolute Gasteiger partial charge is 0.339 e. The van der Waals surface area contributed by atoms with E-state index in [-0.39, 0.29) is 4.90 Å². The molecular weight excluding hydrogens is 502 g/mol. The summed E-state index contributed by atoms with van der Waals surface area (Å²) in [5.74, 6) is -0.664. The molecule has 2 aromatic carbocycles. The molecule has 0 bridgehead atoms. The number of esters is 1. The van der Waals surface area contributed by atoms with Gasteiger partial charge in [0, 0.05) is 29.9 Å². The lowest BCUT2D eigenvalue weighted by atomic mass is 9.84. The summed E-state index contributed by atoms with van der Waals surface area (Å²) in [4.78, 5) is 31.0. The lowest BCUT2D eigenvalue weighted by Crippen LogP contribution is -2.36. The quantitative estimate of drug-likeness (QED) is 0.461. The van der Waals surface area contributed by atoms with Crippen LogP contribution >= 0.6 is 0 Å². The Morgan fingerprint density at radius 1 is 1.11 bits per heavy atom. The largest absolute Gasteiger partial charge is 0.452 e. The number of piperidine rings is 1. The number of carbonyl (C=O) groups excluding carboxylic acids is 2. The van der Waals surface area contributed by atoms with E-state index >= 15 is 0 Å². The molecule has 1 unspecified atom stereocenters. The van der Waals surface area contributed by atoms with E-state index in [0.29, 0.717) is 35.8 Å². The van der Waals surface area contributed by atoms with E-state index in [2.05, 4.69) is 12.2 Å². The molecule has 1 saturated heterocycles. The van der Waals surface area contributed by atoms with Crippen molar-refractivity contribution in [1.29, 1.82) is 0 Å². The maximum absolute atomic E-state index is 13.3. The molecule has 5 rings (SSSR count). The first-order valence-corrected chi connectivity index (χ1v) is 14.7. The fourth-order valence-electron chi connectivity index (χ4n) is 5.40. The molecule has 1 atom stereocenters. The number of anilines is 1. The van der Waals surface area contributed by atoms with E-state index in [9.17, 15) is 18.0 Å². The molecule has 2 aliphatic rings. The van der Waals surface area contributed by atoms with E-state index < -0.39 is 28.5 Å². The van der Waals surface area contributed by atoms with Gasteiger partial charge in [0.1, 0.15) is 0 Å². The summed E-state index contributed by atoms with van der Waals surface area (Å²) >= 11 is 0. The second-order valence-corrected chi connectivity index (χ2v) is 12.3. The normalized spacial score (nSPS) is 18.1. The molecule has 1 aliphatic carbocycles. The number of sulfonamides is 1. The second-order valence-electron chi connectivity index (χ2n) is 10.3. The average molecular weight is 536 g/mol. The molecule has 200 valence electrons. The number of rotatable bonds is 6. The maximum Gasteiger partial charge on any atom is 0.339 e. The number of nitrogens with zero attached hydrogens (tertiary/aromatic N) is 2. The summed E-state index contributed by atoms with van der Waals surface area (Å²) in [5.41, 5.74) is 3.99. The number of aryl methyl sites for hydroxylation is 2. The Bertz CT molecular complexity index is 1500. The molecule has 3 aromatic rings. The van der Waals surface area contributed by atoms with Crippen LogP contribution in [-0.4, -0.2) is 49.3 Å². The Morgan fingerprint density at radius 3 is 2.66 bits per heavy atom. The number of carbonyl (C=O) groups is 2. The van der Waals surface area contributed by atoms with Crippen LogP contribution < -0.4 is 5.32 Å². The first kappa shape index (κ1) is 26.3. The number of aromatic nitrogens is 1.